The van der Waals surface area contributed by atoms with E-state index in [4.69, 9.17) is 4.42 Å². The molecule has 0 unspecified atom stereocenters. The van der Waals surface area contributed by atoms with Crippen LogP contribution in [0.1, 0.15) is 15.4 Å². The zero-order chi connectivity index (χ0) is 13.2. The summed E-state index contributed by atoms with van der Waals surface area (Å²) in [4.78, 5) is 18.5. The van der Waals surface area contributed by atoms with Gasteiger partial charge in [-0.25, -0.2) is 4.98 Å². The molecule has 0 atom stereocenters. The molecule has 3 aromatic rings. The quantitative estimate of drug-likeness (QED) is 0.792. The third kappa shape index (κ3) is 2.59. The summed E-state index contributed by atoms with van der Waals surface area (Å²) in [6.45, 7) is 2.06. The number of thiazole rings is 1. The van der Waals surface area contributed by atoms with E-state index in [1.165, 1.54) is 22.5 Å². The van der Waals surface area contributed by atoms with Gasteiger partial charge < -0.3 is 4.42 Å². The maximum Gasteiger partial charge on any atom is 0.293 e. The highest BCUT2D eigenvalue weighted by Gasteiger charge is 2.12. The molecule has 0 fully saturated rings. The number of hydrogen-bond donors (Lipinski definition) is 1. The van der Waals surface area contributed by atoms with E-state index in [1.807, 2.05) is 11.4 Å². The molecule has 4 nitrogen and oxygen atoms in total. The van der Waals surface area contributed by atoms with E-state index < -0.39 is 0 Å². The van der Waals surface area contributed by atoms with Crippen LogP contribution in [0.15, 0.2) is 40.3 Å². The molecule has 96 valence electrons. The van der Waals surface area contributed by atoms with Gasteiger partial charge in [0.2, 0.25) is 0 Å². The van der Waals surface area contributed by atoms with Gasteiger partial charge in [0.1, 0.15) is 0 Å². The van der Waals surface area contributed by atoms with E-state index in [9.17, 15) is 4.79 Å². The van der Waals surface area contributed by atoms with Crippen LogP contribution in [0.4, 0.5) is 5.13 Å². The molecular formula is C13H10N2O2S2. The number of hydrogen-bond acceptors (Lipinski definition) is 5. The van der Waals surface area contributed by atoms with E-state index in [1.54, 1.807) is 23.5 Å². The third-order valence-electron chi connectivity index (χ3n) is 2.46. The van der Waals surface area contributed by atoms with Crippen LogP contribution in [-0.2, 0) is 0 Å². The Kier molecular flexibility index (Phi) is 3.18. The van der Waals surface area contributed by atoms with Gasteiger partial charge in [-0.05, 0) is 31.2 Å². The lowest BCUT2D eigenvalue weighted by Crippen LogP contribution is -2.10. The molecule has 0 bridgehead atoms. The van der Waals surface area contributed by atoms with Crippen molar-refractivity contribution < 1.29 is 9.21 Å². The summed E-state index contributed by atoms with van der Waals surface area (Å²) >= 11 is 3.08. The molecule has 3 rings (SSSR count). The first kappa shape index (κ1) is 12.1. The number of thiophene rings is 1. The number of aromatic nitrogens is 1. The summed E-state index contributed by atoms with van der Waals surface area (Å²) < 4.78 is 5.03. The van der Waals surface area contributed by atoms with Gasteiger partial charge in [0.05, 0.1) is 16.8 Å². The average Bonchev–Trinajstić information content (AvgIpc) is 3.07. The summed E-state index contributed by atoms with van der Waals surface area (Å²) in [5.74, 6) is -0.00280. The van der Waals surface area contributed by atoms with Gasteiger partial charge in [0, 0.05) is 10.3 Å². The van der Waals surface area contributed by atoms with Crippen molar-refractivity contribution in [3.05, 3.63) is 46.5 Å². The van der Waals surface area contributed by atoms with E-state index in [0.29, 0.717) is 5.13 Å². The molecule has 0 aromatic carbocycles. The van der Waals surface area contributed by atoms with E-state index in [2.05, 4.69) is 23.3 Å². The summed E-state index contributed by atoms with van der Waals surface area (Å²) in [7, 11) is 0. The summed E-state index contributed by atoms with van der Waals surface area (Å²) in [5, 5.41) is 5.23. The van der Waals surface area contributed by atoms with Gasteiger partial charge in [0.25, 0.3) is 5.91 Å². The Morgan fingerprint density at radius 2 is 2.26 bits per heavy atom. The molecule has 0 aliphatic rings. The standard InChI is InChI=1S/C13H10N2O2S2/c1-8-4-5-11(19-8)9-7-18-13(14-9)15-12(16)10-3-2-6-17-10/h2-7H,1H3,(H,14,15,16). The van der Waals surface area contributed by atoms with Crippen molar-refractivity contribution in [2.45, 2.75) is 6.92 Å². The van der Waals surface area contributed by atoms with Crippen LogP contribution in [0.25, 0.3) is 10.6 Å². The number of rotatable bonds is 3. The average molecular weight is 290 g/mol. The van der Waals surface area contributed by atoms with Crippen molar-refractivity contribution in [1.29, 1.82) is 0 Å². The Balaban J connectivity index is 1.77. The van der Waals surface area contributed by atoms with Gasteiger partial charge in [-0.1, -0.05) is 0 Å². The molecular weight excluding hydrogens is 280 g/mol. The first-order chi connectivity index (χ1) is 9.22. The molecule has 0 aliphatic heterocycles. The molecule has 0 radical (unpaired) electrons. The van der Waals surface area contributed by atoms with Crippen LogP contribution < -0.4 is 5.32 Å². The van der Waals surface area contributed by atoms with E-state index in [0.717, 1.165) is 10.6 Å². The number of furan rings is 1. The predicted molar refractivity (Wildman–Crippen MR) is 76.8 cm³/mol. The molecule has 3 heterocycles. The number of carbonyl (C=O) groups is 1. The Hall–Kier alpha value is -1.92. The van der Waals surface area contributed by atoms with Crippen molar-refractivity contribution in [3.8, 4) is 10.6 Å². The lowest BCUT2D eigenvalue weighted by atomic mass is 10.4. The zero-order valence-corrected chi connectivity index (χ0v) is 11.7. The number of carbonyl (C=O) groups excluding carboxylic acids is 1. The van der Waals surface area contributed by atoms with Gasteiger partial charge in [-0.2, -0.15) is 0 Å². The molecule has 0 aliphatic carbocycles. The van der Waals surface area contributed by atoms with Gasteiger partial charge >= 0.3 is 0 Å². The fourth-order valence-corrected chi connectivity index (χ4v) is 3.19. The van der Waals surface area contributed by atoms with Crippen molar-refractivity contribution in [2.75, 3.05) is 5.32 Å². The van der Waals surface area contributed by atoms with E-state index in [-0.39, 0.29) is 11.7 Å². The van der Waals surface area contributed by atoms with Crippen molar-refractivity contribution in [1.82, 2.24) is 4.98 Å². The van der Waals surface area contributed by atoms with Crippen LogP contribution in [0, 0.1) is 6.92 Å². The highest BCUT2D eigenvalue weighted by Crippen LogP contribution is 2.30. The zero-order valence-electron chi connectivity index (χ0n) is 10.0. The molecule has 1 amide bonds. The smallest absolute Gasteiger partial charge is 0.293 e. The number of amides is 1. The Bertz CT molecular complexity index is 698. The predicted octanol–water partition coefficient (Wildman–Crippen LogP) is 4.03. The molecule has 3 aromatic heterocycles. The Morgan fingerprint density at radius 3 is 2.95 bits per heavy atom. The maximum atomic E-state index is 11.8. The van der Waals surface area contributed by atoms with Crippen LogP contribution in [0.3, 0.4) is 0 Å². The molecule has 1 N–H and O–H groups in total. The molecule has 19 heavy (non-hydrogen) atoms. The highest BCUT2D eigenvalue weighted by molar-refractivity contribution is 7.17. The second-order valence-electron chi connectivity index (χ2n) is 3.88. The minimum Gasteiger partial charge on any atom is -0.459 e. The van der Waals surface area contributed by atoms with Crippen LogP contribution in [0.5, 0.6) is 0 Å². The van der Waals surface area contributed by atoms with Crippen LogP contribution in [0.2, 0.25) is 0 Å². The monoisotopic (exact) mass is 290 g/mol. The van der Waals surface area contributed by atoms with Gasteiger partial charge in [0.15, 0.2) is 10.9 Å². The van der Waals surface area contributed by atoms with E-state index >= 15 is 0 Å². The Labute approximate surface area is 117 Å². The topological polar surface area (TPSA) is 55.1 Å². The minimum absolute atomic E-state index is 0.281. The number of anilines is 1. The fraction of sp³-hybridized carbons (Fsp3) is 0.0769. The van der Waals surface area contributed by atoms with Crippen LogP contribution >= 0.6 is 22.7 Å². The normalized spacial score (nSPS) is 10.6. The number of nitrogens with one attached hydrogen (secondary N) is 1. The molecule has 0 saturated heterocycles. The van der Waals surface area contributed by atoms with Crippen molar-refractivity contribution in [2.24, 2.45) is 0 Å². The summed E-state index contributed by atoms with van der Waals surface area (Å²) in [6.07, 6.45) is 1.47. The molecule has 6 heteroatoms. The lowest BCUT2D eigenvalue weighted by molar-refractivity contribution is 0.0996. The van der Waals surface area contributed by atoms with Gasteiger partial charge in [-0.3, -0.25) is 10.1 Å². The first-order valence-corrected chi connectivity index (χ1v) is 7.29. The first-order valence-electron chi connectivity index (χ1n) is 5.59. The molecule has 0 spiro atoms. The summed E-state index contributed by atoms with van der Waals surface area (Å²) in [5.41, 5.74) is 0.887. The number of nitrogens with zero attached hydrogens (tertiary/aromatic N) is 1. The Morgan fingerprint density at radius 1 is 1.37 bits per heavy atom. The third-order valence-corrected chi connectivity index (χ3v) is 4.24. The summed E-state index contributed by atoms with van der Waals surface area (Å²) in [6, 6.07) is 7.39. The lowest BCUT2D eigenvalue weighted by Gasteiger charge is -1.96. The highest BCUT2D eigenvalue weighted by atomic mass is 32.1. The minimum atomic E-state index is -0.284. The van der Waals surface area contributed by atoms with Crippen molar-refractivity contribution >= 4 is 33.7 Å². The fourth-order valence-electron chi connectivity index (χ4n) is 1.58. The SMILES string of the molecule is Cc1ccc(-c2csc(NC(=O)c3ccco3)n2)s1. The van der Waals surface area contributed by atoms with Crippen molar-refractivity contribution in [3.63, 3.8) is 0 Å². The largest absolute Gasteiger partial charge is 0.459 e. The number of aryl methyl sites for hydroxylation is 1. The van der Waals surface area contributed by atoms with Crippen LogP contribution in [-0.4, -0.2) is 10.9 Å². The van der Waals surface area contributed by atoms with Gasteiger partial charge in [-0.15, -0.1) is 22.7 Å². The maximum absolute atomic E-state index is 11.8. The molecule has 0 saturated carbocycles. The second kappa shape index (κ2) is 4.99. The second-order valence-corrected chi connectivity index (χ2v) is 6.03.